The van der Waals surface area contributed by atoms with E-state index in [1.165, 1.54) is 48.1 Å². The van der Waals surface area contributed by atoms with Gasteiger partial charge in [0.2, 0.25) is 0 Å². The molecule has 0 aliphatic carbocycles. The zero-order valence-corrected chi connectivity index (χ0v) is 13.3. The van der Waals surface area contributed by atoms with Gasteiger partial charge >= 0.3 is 0 Å². The number of aromatic nitrogens is 1. The number of fused-ring (bicyclic) bond motifs is 1. The third kappa shape index (κ3) is 2.85. The molecule has 5 heteroatoms. The highest BCUT2D eigenvalue weighted by molar-refractivity contribution is 7.15. The van der Waals surface area contributed by atoms with Gasteiger partial charge in [0.15, 0.2) is 5.13 Å². The van der Waals surface area contributed by atoms with E-state index < -0.39 is 0 Å². The van der Waals surface area contributed by atoms with Crippen molar-refractivity contribution in [3.63, 3.8) is 0 Å². The van der Waals surface area contributed by atoms with Gasteiger partial charge < -0.3 is 10.6 Å². The van der Waals surface area contributed by atoms with Crippen LogP contribution in [0.3, 0.4) is 0 Å². The Balaban J connectivity index is 1.77. The average Bonchev–Trinajstić information content (AvgIpc) is 3.01. The molecule has 112 valence electrons. The van der Waals surface area contributed by atoms with Crippen molar-refractivity contribution in [2.24, 2.45) is 5.73 Å². The molecular weight excluding hydrogens is 268 g/mol. The number of thiazole rings is 1. The van der Waals surface area contributed by atoms with E-state index in [0.717, 1.165) is 32.0 Å². The van der Waals surface area contributed by atoms with E-state index in [-0.39, 0.29) is 0 Å². The molecule has 1 atom stereocenters. The lowest BCUT2D eigenvalue weighted by Crippen LogP contribution is -2.36. The molecule has 3 heterocycles. The maximum absolute atomic E-state index is 5.88. The molecule has 4 nitrogen and oxygen atoms in total. The van der Waals surface area contributed by atoms with Crippen molar-refractivity contribution in [3.05, 3.63) is 10.6 Å². The molecular formula is C15H26N4S. The Morgan fingerprint density at radius 2 is 2.15 bits per heavy atom. The van der Waals surface area contributed by atoms with E-state index in [4.69, 9.17) is 10.7 Å². The molecule has 1 aromatic rings. The molecule has 0 radical (unpaired) electrons. The van der Waals surface area contributed by atoms with Crippen molar-refractivity contribution in [2.45, 2.75) is 51.6 Å². The molecule has 2 aliphatic heterocycles. The van der Waals surface area contributed by atoms with E-state index in [1.54, 1.807) is 0 Å². The largest absolute Gasteiger partial charge is 0.346 e. The van der Waals surface area contributed by atoms with Crippen LogP contribution in [0.1, 0.15) is 43.2 Å². The Hall–Kier alpha value is -0.650. The van der Waals surface area contributed by atoms with Crippen LogP contribution in [-0.2, 0) is 13.0 Å². The normalized spacial score (nSPS) is 23.9. The zero-order chi connectivity index (χ0) is 13.9. The molecule has 0 aromatic carbocycles. The fourth-order valence-corrected chi connectivity index (χ4v) is 4.50. The highest BCUT2D eigenvalue weighted by Gasteiger charge is 2.29. The number of hydrogen-bond acceptors (Lipinski definition) is 5. The van der Waals surface area contributed by atoms with Gasteiger partial charge in [0.1, 0.15) is 0 Å². The van der Waals surface area contributed by atoms with Crippen LogP contribution < -0.4 is 10.6 Å². The summed E-state index contributed by atoms with van der Waals surface area (Å²) in [5.74, 6) is 0. The minimum atomic E-state index is 0.635. The molecule has 2 aliphatic rings. The molecule has 0 amide bonds. The second-order valence-electron chi connectivity index (χ2n) is 5.95. The third-order valence-corrected chi connectivity index (χ3v) is 5.69. The molecule has 3 rings (SSSR count). The van der Waals surface area contributed by atoms with Gasteiger partial charge in [-0.2, -0.15) is 0 Å². The van der Waals surface area contributed by atoms with Crippen LogP contribution in [0.4, 0.5) is 5.13 Å². The van der Waals surface area contributed by atoms with Crippen LogP contribution in [0.2, 0.25) is 0 Å². The predicted octanol–water partition coefficient (Wildman–Crippen LogP) is 2.23. The van der Waals surface area contributed by atoms with Crippen molar-refractivity contribution in [3.8, 4) is 0 Å². The summed E-state index contributed by atoms with van der Waals surface area (Å²) in [5, 5.41) is 1.21. The third-order valence-electron chi connectivity index (χ3n) is 4.51. The number of nitrogens with zero attached hydrogens (tertiary/aromatic N) is 3. The molecule has 2 saturated heterocycles. The molecule has 2 N–H and O–H groups in total. The molecule has 0 saturated carbocycles. The van der Waals surface area contributed by atoms with Crippen molar-refractivity contribution < 1.29 is 0 Å². The molecule has 1 aromatic heterocycles. The number of hydrogen-bond donors (Lipinski definition) is 1. The van der Waals surface area contributed by atoms with Crippen LogP contribution in [0.5, 0.6) is 0 Å². The van der Waals surface area contributed by atoms with E-state index in [2.05, 4.69) is 16.7 Å². The molecule has 2 fully saturated rings. The van der Waals surface area contributed by atoms with Crippen LogP contribution in [0.25, 0.3) is 0 Å². The lowest BCUT2D eigenvalue weighted by atomic mass is 10.2. The number of anilines is 1. The first-order valence-corrected chi connectivity index (χ1v) is 8.81. The number of rotatable bonds is 4. The smallest absolute Gasteiger partial charge is 0.185 e. The SMILES string of the molecule is CCCc1nc(N2CCCN3CCCC3C2)sc1CN. The zero-order valence-electron chi connectivity index (χ0n) is 12.5. The monoisotopic (exact) mass is 294 g/mol. The maximum Gasteiger partial charge on any atom is 0.185 e. The molecule has 0 spiro atoms. The Labute approximate surface area is 126 Å². The first kappa shape index (κ1) is 14.3. The second-order valence-corrected chi connectivity index (χ2v) is 7.01. The Morgan fingerprint density at radius 1 is 1.30 bits per heavy atom. The summed E-state index contributed by atoms with van der Waals surface area (Å²) in [7, 11) is 0. The summed E-state index contributed by atoms with van der Waals surface area (Å²) in [4.78, 5) is 11.4. The van der Waals surface area contributed by atoms with Crippen molar-refractivity contribution in [1.29, 1.82) is 0 Å². The number of nitrogens with two attached hydrogens (primary N) is 1. The quantitative estimate of drug-likeness (QED) is 0.925. The standard InChI is InChI=1S/C15H26N4S/c1-2-5-13-14(10-16)20-15(17-13)19-9-4-8-18-7-3-6-12(18)11-19/h12H,2-11,16H2,1H3. The van der Waals surface area contributed by atoms with Gasteiger partial charge in [-0.05, 0) is 32.2 Å². The van der Waals surface area contributed by atoms with Gasteiger partial charge in [0.05, 0.1) is 5.69 Å². The van der Waals surface area contributed by atoms with Crippen LogP contribution in [0.15, 0.2) is 0 Å². The highest BCUT2D eigenvalue weighted by Crippen LogP contribution is 2.30. The average molecular weight is 294 g/mol. The summed E-state index contributed by atoms with van der Waals surface area (Å²) in [6.45, 7) is 7.71. The summed E-state index contributed by atoms with van der Waals surface area (Å²) in [6, 6.07) is 0.748. The summed E-state index contributed by atoms with van der Waals surface area (Å²) < 4.78 is 0. The summed E-state index contributed by atoms with van der Waals surface area (Å²) in [5.41, 5.74) is 7.12. The predicted molar refractivity (Wildman–Crippen MR) is 85.4 cm³/mol. The first-order valence-electron chi connectivity index (χ1n) is 7.99. The first-order chi connectivity index (χ1) is 9.81. The number of aryl methyl sites for hydroxylation is 1. The van der Waals surface area contributed by atoms with E-state index in [0.29, 0.717) is 6.54 Å². The van der Waals surface area contributed by atoms with Gasteiger partial charge in [-0.25, -0.2) is 4.98 Å². The van der Waals surface area contributed by atoms with Gasteiger partial charge in [-0.1, -0.05) is 13.3 Å². The summed E-state index contributed by atoms with van der Waals surface area (Å²) >= 11 is 1.82. The van der Waals surface area contributed by atoms with E-state index in [1.807, 2.05) is 11.3 Å². The molecule has 1 unspecified atom stereocenters. The topological polar surface area (TPSA) is 45.4 Å². The van der Waals surface area contributed by atoms with Gasteiger partial charge in [-0.15, -0.1) is 11.3 Å². The van der Waals surface area contributed by atoms with Crippen molar-refractivity contribution in [2.75, 3.05) is 31.1 Å². The van der Waals surface area contributed by atoms with E-state index in [9.17, 15) is 0 Å². The van der Waals surface area contributed by atoms with Gasteiger partial charge in [-0.3, -0.25) is 4.90 Å². The Bertz CT molecular complexity index is 445. The lowest BCUT2D eigenvalue weighted by molar-refractivity contribution is 0.273. The second kappa shape index (κ2) is 6.41. The lowest BCUT2D eigenvalue weighted by Gasteiger charge is -2.25. The fourth-order valence-electron chi connectivity index (χ4n) is 3.48. The Kier molecular flexibility index (Phi) is 4.58. The van der Waals surface area contributed by atoms with Crippen molar-refractivity contribution >= 4 is 16.5 Å². The maximum atomic E-state index is 5.88. The summed E-state index contributed by atoms with van der Waals surface area (Å²) in [6.07, 6.45) is 6.19. The van der Waals surface area contributed by atoms with Crippen LogP contribution in [0, 0.1) is 0 Å². The minimum Gasteiger partial charge on any atom is -0.346 e. The van der Waals surface area contributed by atoms with Crippen molar-refractivity contribution in [1.82, 2.24) is 9.88 Å². The van der Waals surface area contributed by atoms with E-state index >= 15 is 0 Å². The van der Waals surface area contributed by atoms with Gasteiger partial charge in [0.25, 0.3) is 0 Å². The molecule has 20 heavy (non-hydrogen) atoms. The fraction of sp³-hybridized carbons (Fsp3) is 0.800. The van der Waals surface area contributed by atoms with Crippen LogP contribution in [-0.4, -0.2) is 42.1 Å². The Morgan fingerprint density at radius 3 is 2.95 bits per heavy atom. The minimum absolute atomic E-state index is 0.635. The van der Waals surface area contributed by atoms with Crippen LogP contribution >= 0.6 is 11.3 Å². The highest BCUT2D eigenvalue weighted by atomic mass is 32.1. The molecule has 0 bridgehead atoms. The van der Waals surface area contributed by atoms with Gasteiger partial charge in [0, 0.05) is 37.1 Å².